The molecular weight excluding hydrogens is 285 g/mol. The monoisotopic (exact) mass is 290 g/mol. The van der Waals surface area contributed by atoms with Crippen LogP contribution >= 0.6 is 15.9 Å². The molecule has 0 amide bonds. The number of halogens is 4. The van der Waals surface area contributed by atoms with Gasteiger partial charge in [0.05, 0.1) is 11.1 Å². The molecule has 1 heterocycles. The fourth-order valence-electron chi connectivity index (χ4n) is 1.45. The number of aryl methyl sites for hydroxylation is 1. The summed E-state index contributed by atoms with van der Waals surface area (Å²) in [5.41, 5.74) is -0.814. The topological polar surface area (TPSA) is 25.8 Å². The van der Waals surface area contributed by atoms with E-state index in [0.717, 1.165) is 6.07 Å². The Kier molecular flexibility index (Phi) is 2.61. The molecule has 0 saturated heterocycles. The molecule has 0 aliphatic carbocycles. The molecule has 2 nitrogen and oxygen atoms in total. The molecule has 0 atom stereocenters. The van der Waals surface area contributed by atoms with Gasteiger partial charge >= 0.3 is 6.18 Å². The first-order chi connectivity index (χ1) is 7.39. The van der Waals surface area contributed by atoms with E-state index in [1.54, 1.807) is 13.0 Å². The summed E-state index contributed by atoms with van der Waals surface area (Å²) in [6, 6.07) is 3.91. The number of para-hydroxylation sites is 1. The molecule has 1 aromatic heterocycles. The van der Waals surface area contributed by atoms with E-state index in [4.69, 9.17) is 0 Å². The van der Waals surface area contributed by atoms with Gasteiger partial charge in [-0.2, -0.15) is 13.2 Å². The Morgan fingerprint density at radius 2 is 1.88 bits per heavy atom. The molecule has 0 N–H and O–H groups in total. The van der Waals surface area contributed by atoms with Gasteiger partial charge in [0.25, 0.3) is 0 Å². The minimum atomic E-state index is -4.40. The lowest BCUT2D eigenvalue weighted by molar-refractivity contribution is -0.136. The third kappa shape index (κ3) is 1.89. The Balaban J connectivity index is 2.87. The molecule has 0 bridgehead atoms. The highest BCUT2D eigenvalue weighted by atomic mass is 79.9. The lowest BCUT2D eigenvalue weighted by Gasteiger charge is -2.10. The van der Waals surface area contributed by atoms with Crippen LogP contribution in [0.4, 0.5) is 13.2 Å². The number of fused-ring (bicyclic) bond motifs is 1. The molecule has 16 heavy (non-hydrogen) atoms. The molecule has 6 heteroatoms. The first-order valence-electron chi connectivity index (χ1n) is 4.39. The average Bonchev–Trinajstić information content (AvgIpc) is 2.15. The number of alkyl halides is 3. The van der Waals surface area contributed by atoms with Crippen molar-refractivity contribution in [2.75, 3.05) is 0 Å². The number of benzene rings is 1. The van der Waals surface area contributed by atoms with Gasteiger partial charge in [-0.1, -0.05) is 12.1 Å². The van der Waals surface area contributed by atoms with Crippen molar-refractivity contribution in [2.45, 2.75) is 13.1 Å². The van der Waals surface area contributed by atoms with Crippen LogP contribution in [0.1, 0.15) is 11.4 Å². The van der Waals surface area contributed by atoms with Crippen molar-refractivity contribution >= 4 is 26.8 Å². The standard InChI is InChI=1S/C10H6BrF3N2/c1-5-15-8-6(9(11)16-5)3-2-4-7(8)10(12,13)14/h2-4H,1H3. The molecule has 0 radical (unpaired) electrons. The van der Waals surface area contributed by atoms with Gasteiger partial charge in [-0.3, -0.25) is 0 Å². The van der Waals surface area contributed by atoms with Crippen molar-refractivity contribution in [3.8, 4) is 0 Å². The normalized spacial score (nSPS) is 12.1. The Labute approximate surface area is 97.6 Å². The Morgan fingerprint density at radius 3 is 2.50 bits per heavy atom. The molecule has 1 aromatic carbocycles. The molecular formula is C10H6BrF3N2. The van der Waals surface area contributed by atoms with Crippen molar-refractivity contribution in [1.82, 2.24) is 9.97 Å². The van der Waals surface area contributed by atoms with Gasteiger partial charge in [0, 0.05) is 5.39 Å². The van der Waals surface area contributed by atoms with Gasteiger partial charge in [-0.25, -0.2) is 9.97 Å². The van der Waals surface area contributed by atoms with Crippen molar-refractivity contribution < 1.29 is 13.2 Å². The zero-order valence-electron chi connectivity index (χ0n) is 8.14. The summed E-state index contributed by atoms with van der Waals surface area (Å²) in [5.74, 6) is 0.302. The minimum absolute atomic E-state index is 0.0747. The van der Waals surface area contributed by atoms with Gasteiger partial charge in [-0.15, -0.1) is 0 Å². The zero-order valence-corrected chi connectivity index (χ0v) is 9.72. The van der Waals surface area contributed by atoms with Crippen LogP contribution in [-0.4, -0.2) is 9.97 Å². The number of nitrogens with zero attached hydrogens (tertiary/aromatic N) is 2. The Hall–Kier alpha value is -1.17. The van der Waals surface area contributed by atoms with Crippen LogP contribution in [-0.2, 0) is 6.18 Å². The molecule has 0 spiro atoms. The number of aromatic nitrogens is 2. The maximum absolute atomic E-state index is 12.7. The van der Waals surface area contributed by atoms with E-state index in [0.29, 0.717) is 15.8 Å². The highest BCUT2D eigenvalue weighted by Crippen LogP contribution is 2.35. The van der Waals surface area contributed by atoms with Crippen LogP contribution in [0.25, 0.3) is 10.9 Å². The maximum Gasteiger partial charge on any atom is 0.418 e. The van der Waals surface area contributed by atoms with Gasteiger partial charge in [0.1, 0.15) is 10.4 Å². The molecule has 0 aliphatic heterocycles. The lowest BCUT2D eigenvalue weighted by Crippen LogP contribution is -2.07. The smallest absolute Gasteiger partial charge is 0.232 e. The Bertz CT molecular complexity index is 551. The van der Waals surface area contributed by atoms with Gasteiger partial charge in [0.15, 0.2) is 0 Å². The second-order valence-corrected chi connectivity index (χ2v) is 4.01. The third-order valence-corrected chi connectivity index (χ3v) is 2.70. The van der Waals surface area contributed by atoms with Crippen molar-refractivity contribution in [3.63, 3.8) is 0 Å². The van der Waals surface area contributed by atoms with Gasteiger partial charge < -0.3 is 0 Å². The van der Waals surface area contributed by atoms with Gasteiger partial charge in [0.2, 0.25) is 0 Å². The van der Waals surface area contributed by atoms with Crippen LogP contribution < -0.4 is 0 Å². The second kappa shape index (κ2) is 3.69. The van der Waals surface area contributed by atoms with Crippen LogP contribution in [0.2, 0.25) is 0 Å². The quantitative estimate of drug-likeness (QED) is 0.691. The first-order valence-corrected chi connectivity index (χ1v) is 5.19. The molecule has 0 aliphatic rings. The van der Waals surface area contributed by atoms with Crippen molar-refractivity contribution in [1.29, 1.82) is 0 Å². The molecule has 0 unspecified atom stereocenters. The van der Waals surface area contributed by atoms with E-state index in [-0.39, 0.29) is 5.52 Å². The highest BCUT2D eigenvalue weighted by Gasteiger charge is 2.33. The predicted octanol–water partition coefficient (Wildman–Crippen LogP) is 3.72. The summed E-state index contributed by atoms with van der Waals surface area (Å²) in [4.78, 5) is 7.80. The van der Waals surface area contributed by atoms with E-state index < -0.39 is 11.7 Å². The van der Waals surface area contributed by atoms with E-state index in [9.17, 15) is 13.2 Å². The molecule has 2 aromatic rings. The SMILES string of the molecule is Cc1nc(Br)c2cccc(C(F)(F)F)c2n1. The second-order valence-electron chi connectivity index (χ2n) is 3.26. The van der Waals surface area contributed by atoms with Crippen molar-refractivity contribution in [3.05, 3.63) is 34.2 Å². The minimum Gasteiger partial charge on any atom is -0.232 e. The van der Waals surface area contributed by atoms with Crippen LogP contribution in [0.3, 0.4) is 0 Å². The summed E-state index contributed by atoms with van der Waals surface area (Å²) in [6.45, 7) is 1.55. The molecule has 84 valence electrons. The van der Waals surface area contributed by atoms with Gasteiger partial charge in [-0.05, 0) is 28.9 Å². The number of rotatable bonds is 0. The largest absolute Gasteiger partial charge is 0.418 e. The fraction of sp³-hybridized carbons (Fsp3) is 0.200. The van der Waals surface area contributed by atoms with E-state index in [1.165, 1.54) is 6.07 Å². The van der Waals surface area contributed by atoms with E-state index in [1.807, 2.05) is 0 Å². The van der Waals surface area contributed by atoms with E-state index >= 15 is 0 Å². The number of hydrogen-bond acceptors (Lipinski definition) is 2. The summed E-state index contributed by atoms with van der Waals surface area (Å²) in [6.07, 6.45) is -4.40. The molecule has 2 rings (SSSR count). The Morgan fingerprint density at radius 1 is 1.19 bits per heavy atom. The summed E-state index contributed by atoms with van der Waals surface area (Å²) >= 11 is 3.13. The number of hydrogen-bond donors (Lipinski definition) is 0. The van der Waals surface area contributed by atoms with E-state index in [2.05, 4.69) is 25.9 Å². The first kappa shape index (κ1) is 11.3. The lowest BCUT2D eigenvalue weighted by atomic mass is 10.1. The average molecular weight is 291 g/mol. The van der Waals surface area contributed by atoms with Crippen molar-refractivity contribution in [2.24, 2.45) is 0 Å². The summed E-state index contributed by atoms with van der Waals surface area (Å²) in [5, 5.41) is 0.362. The fourth-order valence-corrected chi connectivity index (χ4v) is 2.02. The summed E-state index contributed by atoms with van der Waals surface area (Å²) < 4.78 is 38.5. The van der Waals surface area contributed by atoms with Crippen LogP contribution in [0, 0.1) is 6.92 Å². The zero-order chi connectivity index (χ0) is 11.9. The maximum atomic E-state index is 12.7. The molecule has 0 fully saturated rings. The highest BCUT2D eigenvalue weighted by molar-refractivity contribution is 9.10. The third-order valence-electron chi connectivity index (χ3n) is 2.10. The van der Waals surface area contributed by atoms with Crippen LogP contribution in [0.5, 0.6) is 0 Å². The predicted molar refractivity (Wildman–Crippen MR) is 57.0 cm³/mol. The summed E-state index contributed by atoms with van der Waals surface area (Å²) in [7, 11) is 0. The van der Waals surface area contributed by atoms with Crippen LogP contribution in [0.15, 0.2) is 22.8 Å². The molecule has 0 saturated carbocycles.